The van der Waals surface area contributed by atoms with E-state index in [1.165, 1.54) is 0 Å². The summed E-state index contributed by atoms with van der Waals surface area (Å²) >= 11 is 15.6. The van der Waals surface area contributed by atoms with Gasteiger partial charge in [0.25, 0.3) is 0 Å². The van der Waals surface area contributed by atoms with E-state index in [4.69, 9.17) is 23.2 Å². The van der Waals surface area contributed by atoms with Crippen molar-refractivity contribution in [1.82, 2.24) is 9.55 Å². The number of rotatable bonds is 1. The number of hydrogen-bond donors (Lipinski definition) is 1. The molecule has 2 aromatic rings. The van der Waals surface area contributed by atoms with Gasteiger partial charge in [-0.15, -0.1) is 0 Å². The van der Waals surface area contributed by atoms with E-state index in [-0.39, 0.29) is 12.1 Å². The molecule has 1 aromatic heterocycles. The van der Waals surface area contributed by atoms with Crippen molar-refractivity contribution in [2.24, 2.45) is 0 Å². The van der Waals surface area contributed by atoms with Gasteiger partial charge >= 0.3 is 0 Å². The molecule has 0 radical (unpaired) electrons. The molecule has 1 aliphatic carbocycles. The summed E-state index contributed by atoms with van der Waals surface area (Å²) in [5.41, 5.74) is 1.70. The first-order chi connectivity index (χ1) is 9.08. The lowest BCUT2D eigenvalue weighted by Gasteiger charge is -2.29. The van der Waals surface area contributed by atoms with Gasteiger partial charge < -0.3 is 9.67 Å². The molecular formula is C13H13BrCl2N2O. The summed E-state index contributed by atoms with van der Waals surface area (Å²) in [7, 11) is 0. The maximum atomic E-state index is 10.2. The number of aliphatic hydroxyl groups is 1. The molecule has 3 nitrogen and oxygen atoms in total. The number of halogens is 3. The summed E-state index contributed by atoms with van der Waals surface area (Å²) in [5, 5.41) is 11.2. The van der Waals surface area contributed by atoms with Crippen LogP contribution in [0.5, 0.6) is 0 Å². The minimum absolute atomic E-state index is 0.0466. The first kappa shape index (κ1) is 13.7. The van der Waals surface area contributed by atoms with Crippen molar-refractivity contribution in [2.75, 3.05) is 0 Å². The second kappa shape index (κ2) is 5.24. The van der Waals surface area contributed by atoms with Gasteiger partial charge in [0.1, 0.15) is 0 Å². The van der Waals surface area contributed by atoms with E-state index >= 15 is 0 Å². The third-order valence-electron chi connectivity index (χ3n) is 3.71. The third-order valence-corrected chi connectivity index (χ3v) is 5.00. The van der Waals surface area contributed by atoms with Crippen LogP contribution in [0.1, 0.15) is 31.7 Å². The summed E-state index contributed by atoms with van der Waals surface area (Å²) in [5.74, 6) is 0. The summed E-state index contributed by atoms with van der Waals surface area (Å²) < 4.78 is 2.74. The van der Waals surface area contributed by atoms with Gasteiger partial charge in [0, 0.05) is 0 Å². The molecule has 1 aliphatic rings. The number of aliphatic hydroxyl groups excluding tert-OH is 1. The minimum atomic E-state index is -0.336. The Kier molecular flexibility index (Phi) is 3.78. The zero-order valence-corrected chi connectivity index (χ0v) is 13.2. The lowest BCUT2D eigenvalue weighted by Crippen LogP contribution is -2.27. The molecule has 19 heavy (non-hydrogen) atoms. The average molecular weight is 364 g/mol. The smallest absolute Gasteiger partial charge is 0.178 e. The fraction of sp³-hybridized carbons (Fsp3) is 0.462. The van der Waals surface area contributed by atoms with Crippen LogP contribution in [0.4, 0.5) is 0 Å². The molecule has 0 aliphatic heterocycles. The Morgan fingerprint density at radius 3 is 2.63 bits per heavy atom. The Labute approximate surface area is 129 Å². The number of nitrogens with zero attached hydrogens (tertiary/aromatic N) is 2. The van der Waals surface area contributed by atoms with Crippen LogP contribution >= 0.6 is 39.1 Å². The molecule has 6 heteroatoms. The van der Waals surface area contributed by atoms with Gasteiger partial charge in [0.05, 0.1) is 33.2 Å². The molecule has 2 atom stereocenters. The quantitative estimate of drug-likeness (QED) is 0.805. The lowest BCUT2D eigenvalue weighted by molar-refractivity contribution is 0.0763. The van der Waals surface area contributed by atoms with Crippen molar-refractivity contribution in [1.29, 1.82) is 0 Å². The molecule has 1 heterocycles. The molecule has 0 bridgehead atoms. The van der Waals surface area contributed by atoms with Crippen molar-refractivity contribution in [3.63, 3.8) is 0 Å². The van der Waals surface area contributed by atoms with E-state index in [2.05, 4.69) is 20.9 Å². The number of aromatic nitrogens is 2. The SMILES string of the molecule is OC1CCCCC1n1c(Br)nc2cc(Cl)c(Cl)cc21. The summed E-state index contributed by atoms with van der Waals surface area (Å²) in [6, 6.07) is 3.62. The summed E-state index contributed by atoms with van der Waals surface area (Å²) in [4.78, 5) is 4.45. The maximum absolute atomic E-state index is 10.2. The molecule has 102 valence electrons. The van der Waals surface area contributed by atoms with Gasteiger partial charge in [0.2, 0.25) is 0 Å². The third kappa shape index (κ3) is 2.40. The topological polar surface area (TPSA) is 38.0 Å². The first-order valence-corrected chi connectivity index (χ1v) is 7.83. The minimum Gasteiger partial charge on any atom is -0.391 e. The largest absolute Gasteiger partial charge is 0.391 e. The highest BCUT2D eigenvalue weighted by Gasteiger charge is 2.28. The number of imidazole rings is 1. The highest BCUT2D eigenvalue weighted by Crippen LogP contribution is 2.36. The Hall–Kier alpha value is -0.290. The number of benzene rings is 1. The first-order valence-electron chi connectivity index (χ1n) is 6.28. The van der Waals surface area contributed by atoms with Gasteiger partial charge in [-0.1, -0.05) is 36.0 Å². The summed E-state index contributed by atoms with van der Waals surface area (Å²) in [6.45, 7) is 0. The highest BCUT2D eigenvalue weighted by atomic mass is 79.9. The van der Waals surface area contributed by atoms with Crippen molar-refractivity contribution >= 4 is 50.2 Å². The van der Waals surface area contributed by atoms with Crippen LogP contribution in [-0.4, -0.2) is 20.8 Å². The van der Waals surface area contributed by atoms with E-state index in [0.717, 1.165) is 36.7 Å². The predicted molar refractivity (Wildman–Crippen MR) is 81.0 cm³/mol. The van der Waals surface area contributed by atoms with Gasteiger partial charge in [-0.05, 0) is 40.9 Å². The van der Waals surface area contributed by atoms with E-state index in [1.54, 1.807) is 6.07 Å². The molecule has 1 fully saturated rings. The van der Waals surface area contributed by atoms with Crippen LogP contribution in [0.3, 0.4) is 0 Å². The molecule has 1 saturated carbocycles. The molecule has 0 amide bonds. The Bertz CT molecular complexity index is 629. The molecule has 1 aromatic carbocycles. The molecule has 2 unspecified atom stereocenters. The normalized spacial score (nSPS) is 24.0. The van der Waals surface area contributed by atoms with Crippen LogP contribution in [0, 0.1) is 0 Å². The van der Waals surface area contributed by atoms with E-state index < -0.39 is 0 Å². The van der Waals surface area contributed by atoms with Crippen molar-refractivity contribution in [3.8, 4) is 0 Å². The van der Waals surface area contributed by atoms with Crippen LogP contribution in [-0.2, 0) is 0 Å². The Morgan fingerprint density at radius 1 is 1.21 bits per heavy atom. The van der Waals surface area contributed by atoms with E-state index in [0.29, 0.717) is 14.8 Å². The average Bonchev–Trinajstić information content (AvgIpc) is 2.66. The van der Waals surface area contributed by atoms with E-state index in [1.807, 2.05) is 10.6 Å². The monoisotopic (exact) mass is 362 g/mol. The van der Waals surface area contributed by atoms with Gasteiger partial charge in [-0.2, -0.15) is 0 Å². The van der Waals surface area contributed by atoms with Crippen molar-refractivity contribution in [2.45, 2.75) is 37.8 Å². The fourth-order valence-corrected chi connectivity index (χ4v) is 3.73. The highest BCUT2D eigenvalue weighted by molar-refractivity contribution is 9.10. The Morgan fingerprint density at radius 2 is 1.89 bits per heavy atom. The van der Waals surface area contributed by atoms with Crippen LogP contribution in [0.2, 0.25) is 10.0 Å². The maximum Gasteiger partial charge on any atom is 0.178 e. The van der Waals surface area contributed by atoms with Crippen LogP contribution in [0.15, 0.2) is 16.9 Å². The summed E-state index contributed by atoms with van der Waals surface area (Å²) in [6.07, 6.45) is 3.64. The second-order valence-corrected chi connectivity index (χ2v) is 6.45. The van der Waals surface area contributed by atoms with Gasteiger partial charge in [-0.25, -0.2) is 4.98 Å². The van der Waals surface area contributed by atoms with Crippen molar-refractivity contribution < 1.29 is 5.11 Å². The van der Waals surface area contributed by atoms with Crippen LogP contribution in [0.25, 0.3) is 11.0 Å². The standard InChI is InChI=1S/C13H13BrCl2N2O/c14-13-17-9-5-7(15)8(16)6-11(9)18(13)10-3-1-2-4-12(10)19/h5-6,10,12,19H,1-4H2. The van der Waals surface area contributed by atoms with E-state index in [9.17, 15) is 5.11 Å². The molecule has 0 spiro atoms. The van der Waals surface area contributed by atoms with Crippen molar-refractivity contribution in [3.05, 3.63) is 26.9 Å². The molecule has 0 saturated heterocycles. The molecular weight excluding hydrogens is 351 g/mol. The zero-order valence-electron chi connectivity index (χ0n) is 10.1. The zero-order chi connectivity index (χ0) is 13.6. The lowest BCUT2D eigenvalue weighted by atomic mass is 9.92. The predicted octanol–water partition coefficient (Wildman–Crippen LogP) is 4.58. The number of hydrogen-bond acceptors (Lipinski definition) is 2. The van der Waals surface area contributed by atoms with Gasteiger partial charge in [0.15, 0.2) is 4.73 Å². The number of fused-ring (bicyclic) bond motifs is 1. The second-order valence-electron chi connectivity index (χ2n) is 4.93. The Balaban J connectivity index is 2.16. The fourth-order valence-electron chi connectivity index (χ4n) is 2.77. The van der Waals surface area contributed by atoms with Crippen LogP contribution < -0.4 is 0 Å². The molecule has 3 rings (SSSR count). The molecule has 1 N–H and O–H groups in total. The van der Waals surface area contributed by atoms with Gasteiger partial charge in [-0.3, -0.25) is 0 Å².